The molecule has 2 nitrogen and oxygen atoms in total. The van der Waals surface area contributed by atoms with E-state index >= 15 is 0 Å². The summed E-state index contributed by atoms with van der Waals surface area (Å²) in [7, 11) is -1.67. The number of hydrogen-bond acceptors (Lipinski definition) is 2. The van der Waals surface area contributed by atoms with Gasteiger partial charge in [-0.2, -0.15) is 0 Å². The predicted octanol–water partition coefficient (Wildman–Crippen LogP) is 8.96. The third kappa shape index (κ3) is 17.3. The second-order valence-electron chi connectivity index (χ2n) is 10.4. The van der Waals surface area contributed by atoms with E-state index in [9.17, 15) is 5.11 Å². The van der Waals surface area contributed by atoms with Crippen LogP contribution in [0.4, 0.5) is 0 Å². The first-order chi connectivity index (χ1) is 14.2. The molecule has 0 aromatic rings. The van der Waals surface area contributed by atoms with Gasteiger partial charge in [-0.25, -0.2) is 0 Å². The molecule has 0 spiro atoms. The van der Waals surface area contributed by atoms with E-state index in [-0.39, 0.29) is 11.1 Å². The first-order valence-corrected chi connectivity index (χ1v) is 15.7. The van der Waals surface area contributed by atoms with Crippen LogP contribution in [0.15, 0.2) is 24.3 Å². The first kappa shape index (κ1) is 29.6. The van der Waals surface area contributed by atoms with Gasteiger partial charge in [0.25, 0.3) is 0 Å². The van der Waals surface area contributed by atoms with E-state index in [0.29, 0.717) is 6.61 Å². The van der Waals surface area contributed by atoms with Gasteiger partial charge in [0, 0.05) is 6.61 Å². The second-order valence-corrected chi connectivity index (χ2v) is 15.2. The molecule has 3 heteroatoms. The highest BCUT2D eigenvalue weighted by molar-refractivity contribution is 6.74. The molecule has 1 N–H and O–H groups in total. The van der Waals surface area contributed by atoms with Crippen molar-refractivity contribution in [1.82, 2.24) is 0 Å². The minimum Gasteiger partial charge on any atom is -0.417 e. The number of unbranched alkanes of at least 4 members (excludes halogenated alkanes) is 9. The van der Waals surface area contributed by atoms with Crippen LogP contribution in [0.25, 0.3) is 0 Å². The molecule has 0 aromatic carbocycles. The molecule has 0 saturated carbocycles. The van der Waals surface area contributed by atoms with Crippen molar-refractivity contribution in [1.29, 1.82) is 0 Å². The Kier molecular flexibility index (Phi) is 18.0. The van der Waals surface area contributed by atoms with Gasteiger partial charge in [0.2, 0.25) is 0 Å². The van der Waals surface area contributed by atoms with Crippen molar-refractivity contribution >= 4 is 8.32 Å². The van der Waals surface area contributed by atoms with Crippen molar-refractivity contribution in [3.63, 3.8) is 0 Å². The highest BCUT2D eigenvalue weighted by Gasteiger charge is 2.36. The summed E-state index contributed by atoms with van der Waals surface area (Å²) in [4.78, 5) is 0. The Morgan fingerprint density at radius 1 is 0.767 bits per heavy atom. The summed E-state index contributed by atoms with van der Waals surface area (Å²) in [6, 6.07) is 0. The Morgan fingerprint density at radius 2 is 1.30 bits per heavy atom. The monoisotopic (exact) mass is 438 g/mol. The number of allylic oxidation sites excluding steroid dienone is 4. The molecule has 0 rings (SSSR count). The van der Waals surface area contributed by atoms with Gasteiger partial charge in [0.15, 0.2) is 8.32 Å². The van der Waals surface area contributed by atoms with E-state index in [4.69, 9.17) is 4.43 Å². The summed E-state index contributed by atoms with van der Waals surface area (Å²) in [5, 5.41) is 10.4. The lowest BCUT2D eigenvalue weighted by atomic mass is 10.0. The second kappa shape index (κ2) is 18.2. The van der Waals surface area contributed by atoms with E-state index in [2.05, 4.69) is 65.1 Å². The van der Waals surface area contributed by atoms with Gasteiger partial charge in [0.1, 0.15) is 0 Å². The first-order valence-electron chi connectivity index (χ1n) is 12.8. The number of aliphatic hydroxyl groups excluding tert-OH is 1. The average Bonchev–Trinajstić information content (AvgIpc) is 2.66. The van der Waals surface area contributed by atoms with Crippen LogP contribution in [0.5, 0.6) is 0 Å². The molecular weight excluding hydrogens is 384 g/mol. The van der Waals surface area contributed by atoms with E-state index in [0.717, 1.165) is 25.7 Å². The van der Waals surface area contributed by atoms with Gasteiger partial charge in [0.05, 0.1) is 6.10 Å². The quantitative estimate of drug-likeness (QED) is 0.124. The molecule has 30 heavy (non-hydrogen) atoms. The standard InChI is InChI=1S/C27H54O2Si/c1-7-8-9-10-11-12-13-14-15-16-17-18-19-20-21-22-23-26(28)24-25-29-30(5,6)27(2,3)4/h11-12,14-15,26,28H,7-10,13,16-25H2,1-6H3/b12-11-,15-14-. The number of hydrogen-bond donors (Lipinski definition) is 1. The maximum absolute atomic E-state index is 10.2. The summed E-state index contributed by atoms with van der Waals surface area (Å²) >= 11 is 0. The third-order valence-electron chi connectivity index (χ3n) is 6.46. The van der Waals surface area contributed by atoms with Gasteiger partial charge in [-0.1, -0.05) is 96.9 Å². The van der Waals surface area contributed by atoms with Crippen LogP contribution in [0, 0.1) is 0 Å². The van der Waals surface area contributed by atoms with E-state index in [1.165, 1.54) is 64.2 Å². The molecule has 0 saturated heterocycles. The SMILES string of the molecule is CCCCC/C=C\C/C=C\CCCCCCCCC(O)CCO[Si](C)(C)C(C)(C)C. The molecule has 1 atom stereocenters. The Morgan fingerprint density at radius 3 is 1.87 bits per heavy atom. The van der Waals surface area contributed by atoms with Gasteiger partial charge in [-0.3, -0.25) is 0 Å². The van der Waals surface area contributed by atoms with Crippen molar-refractivity contribution in [2.45, 2.75) is 142 Å². The molecular formula is C27H54O2Si. The van der Waals surface area contributed by atoms with Crippen LogP contribution in [0.1, 0.15) is 118 Å². The molecule has 0 aromatic heterocycles. The molecule has 178 valence electrons. The van der Waals surface area contributed by atoms with Crippen molar-refractivity contribution in [3.8, 4) is 0 Å². The largest absolute Gasteiger partial charge is 0.417 e. The van der Waals surface area contributed by atoms with Crippen LogP contribution in [0.3, 0.4) is 0 Å². The summed E-state index contributed by atoms with van der Waals surface area (Å²) < 4.78 is 6.17. The Labute approximate surface area is 190 Å². The summed E-state index contributed by atoms with van der Waals surface area (Å²) in [6.07, 6.45) is 26.0. The van der Waals surface area contributed by atoms with Crippen LogP contribution in [-0.2, 0) is 4.43 Å². The topological polar surface area (TPSA) is 29.5 Å². The van der Waals surface area contributed by atoms with Crippen LogP contribution in [0.2, 0.25) is 18.1 Å². The molecule has 0 heterocycles. The van der Waals surface area contributed by atoms with Crippen molar-refractivity contribution in [3.05, 3.63) is 24.3 Å². The lowest BCUT2D eigenvalue weighted by Gasteiger charge is -2.36. The Bertz CT molecular complexity index is 435. The lowest BCUT2D eigenvalue weighted by Crippen LogP contribution is -2.41. The predicted molar refractivity (Wildman–Crippen MR) is 138 cm³/mol. The smallest absolute Gasteiger partial charge is 0.191 e. The van der Waals surface area contributed by atoms with Gasteiger partial charge >= 0.3 is 0 Å². The average molecular weight is 439 g/mol. The maximum atomic E-state index is 10.2. The number of rotatable bonds is 19. The minimum atomic E-state index is -1.67. The summed E-state index contributed by atoms with van der Waals surface area (Å²) in [6.45, 7) is 14.3. The normalized spacial score (nSPS) is 14.2. The summed E-state index contributed by atoms with van der Waals surface area (Å²) in [5.74, 6) is 0. The zero-order valence-electron chi connectivity index (χ0n) is 21.3. The fourth-order valence-electron chi connectivity index (χ4n) is 3.18. The molecule has 0 amide bonds. The maximum Gasteiger partial charge on any atom is 0.191 e. The summed E-state index contributed by atoms with van der Waals surface area (Å²) in [5.41, 5.74) is 0. The van der Waals surface area contributed by atoms with Crippen LogP contribution < -0.4 is 0 Å². The van der Waals surface area contributed by atoms with E-state index in [1.807, 2.05) is 0 Å². The molecule has 0 fully saturated rings. The zero-order chi connectivity index (χ0) is 22.7. The molecule has 0 aliphatic rings. The Balaban J connectivity index is 3.46. The van der Waals surface area contributed by atoms with Gasteiger partial charge in [-0.05, 0) is 63.1 Å². The Hall–Kier alpha value is -0.383. The highest BCUT2D eigenvalue weighted by atomic mass is 28.4. The van der Waals surface area contributed by atoms with E-state index < -0.39 is 8.32 Å². The highest BCUT2D eigenvalue weighted by Crippen LogP contribution is 2.36. The van der Waals surface area contributed by atoms with Crippen molar-refractivity contribution < 1.29 is 9.53 Å². The van der Waals surface area contributed by atoms with Crippen LogP contribution >= 0.6 is 0 Å². The molecule has 0 bridgehead atoms. The van der Waals surface area contributed by atoms with Gasteiger partial charge < -0.3 is 9.53 Å². The van der Waals surface area contributed by atoms with Crippen molar-refractivity contribution in [2.75, 3.05) is 6.61 Å². The molecule has 0 aliphatic heterocycles. The van der Waals surface area contributed by atoms with Gasteiger partial charge in [-0.15, -0.1) is 0 Å². The zero-order valence-corrected chi connectivity index (χ0v) is 22.3. The minimum absolute atomic E-state index is 0.194. The molecule has 0 aliphatic carbocycles. The molecule has 1 unspecified atom stereocenters. The van der Waals surface area contributed by atoms with Crippen molar-refractivity contribution in [2.24, 2.45) is 0 Å². The fourth-order valence-corrected chi connectivity index (χ4v) is 4.24. The van der Waals surface area contributed by atoms with Crippen LogP contribution in [-0.4, -0.2) is 26.1 Å². The molecule has 0 radical (unpaired) electrons. The lowest BCUT2D eigenvalue weighted by molar-refractivity contribution is 0.124. The van der Waals surface area contributed by atoms with E-state index in [1.54, 1.807) is 0 Å². The fraction of sp³-hybridized carbons (Fsp3) is 0.852. The number of aliphatic hydroxyl groups is 1. The third-order valence-corrected chi connectivity index (χ3v) is 11.0.